The van der Waals surface area contributed by atoms with E-state index in [1.165, 1.54) is 7.11 Å². The number of anilines is 1. The van der Waals surface area contributed by atoms with E-state index >= 15 is 0 Å². The molecule has 1 saturated heterocycles. The average molecular weight is 222 g/mol. The summed E-state index contributed by atoms with van der Waals surface area (Å²) < 4.78 is 4.68. The van der Waals surface area contributed by atoms with Gasteiger partial charge in [0, 0.05) is 19.3 Å². The van der Waals surface area contributed by atoms with Crippen LogP contribution in [0.15, 0.2) is 18.3 Å². The van der Waals surface area contributed by atoms with Crippen molar-refractivity contribution in [1.29, 1.82) is 0 Å². The summed E-state index contributed by atoms with van der Waals surface area (Å²) in [4.78, 5) is 17.5. The van der Waals surface area contributed by atoms with Gasteiger partial charge in [-0.05, 0) is 19.1 Å². The third kappa shape index (κ3) is 1.86. The molecule has 0 radical (unpaired) electrons. The number of methoxy groups -OCH3 is 1. The predicted octanol–water partition coefficient (Wildman–Crippen LogP) is 0.439. The van der Waals surface area contributed by atoms with Gasteiger partial charge in [-0.25, -0.2) is 9.78 Å². The number of aliphatic hydroxyl groups is 1. The first-order chi connectivity index (χ1) is 7.53. The monoisotopic (exact) mass is 222 g/mol. The third-order valence-corrected chi connectivity index (χ3v) is 2.55. The molecule has 0 bridgehead atoms. The molecule has 0 aromatic carbocycles. The molecule has 1 aliphatic rings. The Morgan fingerprint density at radius 3 is 2.88 bits per heavy atom. The number of carbonyl (C=O) groups is 1. The summed E-state index contributed by atoms with van der Waals surface area (Å²) in [5, 5.41) is 9.65. The highest BCUT2D eigenvalue weighted by atomic mass is 16.5. The van der Waals surface area contributed by atoms with Gasteiger partial charge >= 0.3 is 5.97 Å². The molecule has 2 heterocycles. The molecule has 1 fully saturated rings. The lowest BCUT2D eigenvalue weighted by Crippen LogP contribution is -2.60. The van der Waals surface area contributed by atoms with E-state index in [0.717, 1.165) is 0 Å². The minimum absolute atomic E-state index is 0.408. The van der Waals surface area contributed by atoms with Gasteiger partial charge in [-0.15, -0.1) is 0 Å². The quantitative estimate of drug-likeness (QED) is 0.736. The number of pyridine rings is 1. The van der Waals surface area contributed by atoms with Crippen molar-refractivity contribution >= 4 is 11.8 Å². The topological polar surface area (TPSA) is 62.7 Å². The Morgan fingerprint density at radius 1 is 1.62 bits per heavy atom. The number of hydrogen-bond acceptors (Lipinski definition) is 5. The van der Waals surface area contributed by atoms with Crippen molar-refractivity contribution in [3.63, 3.8) is 0 Å². The normalized spacial score (nSPS) is 17.8. The average Bonchev–Trinajstić information content (AvgIpc) is 2.24. The second kappa shape index (κ2) is 3.75. The lowest BCUT2D eigenvalue weighted by molar-refractivity contribution is 0.0300. The number of aromatic nitrogens is 1. The highest BCUT2D eigenvalue weighted by molar-refractivity contribution is 5.94. The van der Waals surface area contributed by atoms with Gasteiger partial charge < -0.3 is 14.7 Å². The maximum absolute atomic E-state index is 11.5. The van der Waals surface area contributed by atoms with E-state index in [1.807, 2.05) is 4.90 Å². The highest BCUT2D eigenvalue weighted by Crippen LogP contribution is 2.28. The van der Waals surface area contributed by atoms with Crippen molar-refractivity contribution in [2.45, 2.75) is 12.5 Å². The lowest BCUT2D eigenvalue weighted by atomic mass is 9.96. The van der Waals surface area contributed by atoms with Crippen molar-refractivity contribution in [3.05, 3.63) is 23.9 Å². The second-order valence-electron chi connectivity index (χ2n) is 4.22. The summed E-state index contributed by atoms with van der Waals surface area (Å²) in [6.07, 6.45) is 1.62. The zero-order valence-corrected chi connectivity index (χ0v) is 9.30. The van der Waals surface area contributed by atoms with E-state index in [9.17, 15) is 9.90 Å². The van der Waals surface area contributed by atoms with Crippen LogP contribution in [-0.2, 0) is 4.74 Å². The molecule has 1 N–H and O–H groups in total. The van der Waals surface area contributed by atoms with Gasteiger partial charge in [-0.2, -0.15) is 0 Å². The Bertz CT molecular complexity index is 409. The van der Waals surface area contributed by atoms with Crippen LogP contribution in [0.2, 0.25) is 0 Å². The largest absolute Gasteiger partial charge is 0.465 e. The first kappa shape index (κ1) is 10.9. The smallest absolute Gasteiger partial charge is 0.341 e. The predicted molar refractivity (Wildman–Crippen MR) is 58.4 cm³/mol. The van der Waals surface area contributed by atoms with E-state index in [0.29, 0.717) is 24.5 Å². The molecule has 0 saturated carbocycles. The van der Waals surface area contributed by atoms with Gasteiger partial charge in [0.05, 0.1) is 12.7 Å². The number of carbonyl (C=O) groups excluding carboxylic acids is 1. The maximum atomic E-state index is 11.5. The Hall–Kier alpha value is -1.62. The van der Waals surface area contributed by atoms with Crippen LogP contribution in [0.1, 0.15) is 17.3 Å². The molecule has 0 atom stereocenters. The van der Waals surface area contributed by atoms with Crippen molar-refractivity contribution in [1.82, 2.24) is 4.98 Å². The molecular weight excluding hydrogens is 208 g/mol. The van der Waals surface area contributed by atoms with E-state index in [1.54, 1.807) is 25.3 Å². The van der Waals surface area contributed by atoms with Crippen LogP contribution in [0.4, 0.5) is 5.82 Å². The molecule has 0 unspecified atom stereocenters. The highest BCUT2D eigenvalue weighted by Gasteiger charge is 2.38. The SMILES string of the molecule is COC(=O)c1cccnc1N1CC(C)(O)C1. The molecule has 16 heavy (non-hydrogen) atoms. The van der Waals surface area contributed by atoms with Crippen molar-refractivity contribution < 1.29 is 14.6 Å². The summed E-state index contributed by atoms with van der Waals surface area (Å²) in [7, 11) is 1.34. The second-order valence-corrected chi connectivity index (χ2v) is 4.22. The summed E-state index contributed by atoms with van der Waals surface area (Å²) in [5.41, 5.74) is -0.259. The molecule has 0 amide bonds. The zero-order chi connectivity index (χ0) is 11.8. The Labute approximate surface area is 93.7 Å². The minimum atomic E-state index is -0.690. The van der Waals surface area contributed by atoms with E-state index in [4.69, 9.17) is 0 Å². The zero-order valence-electron chi connectivity index (χ0n) is 9.30. The fourth-order valence-corrected chi connectivity index (χ4v) is 1.84. The third-order valence-electron chi connectivity index (χ3n) is 2.55. The number of esters is 1. The van der Waals surface area contributed by atoms with Gasteiger partial charge in [0.1, 0.15) is 11.4 Å². The van der Waals surface area contributed by atoms with Crippen LogP contribution in [-0.4, -0.2) is 41.9 Å². The fourth-order valence-electron chi connectivity index (χ4n) is 1.84. The molecule has 0 aliphatic carbocycles. The first-order valence-electron chi connectivity index (χ1n) is 5.04. The summed E-state index contributed by atoms with van der Waals surface area (Å²) in [5.74, 6) is 0.163. The number of hydrogen-bond donors (Lipinski definition) is 1. The molecule has 1 aliphatic heterocycles. The van der Waals surface area contributed by atoms with Gasteiger partial charge in [-0.3, -0.25) is 0 Å². The Kier molecular flexibility index (Phi) is 2.55. The van der Waals surface area contributed by atoms with Crippen molar-refractivity contribution in [3.8, 4) is 0 Å². The van der Waals surface area contributed by atoms with Gasteiger partial charge in [-0.1, -0.05) is 0 Å². The molecule has 86 valence electrons. The fraction of sp³-hybridized carbons (Fsp3) is 0.455. The van der Waals surface area contributed by atoms with Crippen LogP contribution in [0.5, 0.6) is 0 Å². The standard InChI is InChI=1S/C11H14N2O3/c1-11(15)6-13(7-11)9-8(10(14)16-2)4-3-5-12-9/h3-5,15H,6-7H2,1-2H3. The summed E-state index contributed by atoms with van der Waals surface area (Å²) >= 11 is 0. The van der Waals surface area contributed by atoms with Crippen LogP contribution in [0.25, 0.3) is 0 Å². The van der Waals surface area contributed by atoms with E-state index < -0.39 is 11.6 Å². The molecule has 1 aromatic rings. The van der Waals surface area contributed by atoms with Gasteiger partial charge in [0.25, 0.3) is 0 Å². The van der Waals surface area contributed by atoms with Crippen molar-refractivity contribution in [2.24, 2.45) is 0 Å². The number of β-amino-alcohol motifs (C(OH)–C–C–N with tert-alkyl or cyclic N) is 1. The van der Waals surface area contributed by atoms with Crippen LogP contribution >= 0.6 is 0 Å². The molecule has 0 spiro atoms. The lowest BCUT2D eigenvalue weighted by Gasteiger charge is -2.45. The number of nitrogens with zero attached hydrogens (tertiary/aromatic N) is 2. The van der Waals surface area contributed by atoms with Crippen LogP contribution in [0, 0.1) is 0 Å². The summed E-state index contributed by atoms with van der Waals surface area (Å²) in [6.45, 7) is 2.71. The minimum Gasteiger partial charge on any atom is -0.465 e. The number of rotatable bonds is 2. The Morgan fingerprint density at radius 2 is 2.31 bits per heavy atom. The maximum Gasteiger partial charge on any atom is 0.341 e. The molecule has 1 aromatic heterocycles. The Balaban J connectivity index is 2.25. The number of ether oxygens (including phenoxy) is 1. The van der Waals surface area contributed by atoms with Crippen LogP contribution in [0.3, 0.4) is 0 Å². The van der Waals surface area contributed by atoms with Crippen molar-refractivity contribution in [2.75, 3.05) is 25.1 Å². The van der Waals surface area contributed by atoms with Gasteiger partial charge in [0.2, 0.25) is 0 Å². The van der Waals surface area contributed by atoms with Gasteiger partial charge in [0.15, 0.2) is 0 Å². The van der Waals surface area contributed by atoms with E-state index in [-0.39, 0.29) is 0 Å². The molecule has 5 heteroatoms. The first-order valence-corrected chi connectivity index (χ1v) is 5.04. The molecular formula is C11H14N2O3. The van der Waals surface area contributed by atoms with Crippen LogP contribution < -0.4 is 4.90 Å². The summed E-state index contributed by atoms with van der Waals surface area (Å²) in [6, 6.07) is 3.36. The molecule has 2 rings (SSSR count). The molecule has 5 nitrogen and oxygen atoms in total. The van der Waals surface area contributed by atoms with E-state index in [2.05, 4.69) is 9.72 Å².